The minimum absolute atomic E-state index is 0.684. The van der Waals surface area contributed by atoms with Crippen molar-refractivity contribution in [3.8, 4) is 0 Å². The number of nitrogens with zero attached hydrogens (tertiary/aromatic N) is 2. The molecule has 0 aliphatic carbocycles. The van der Waals surface area contributed by atoms with E-state index in [4.69, 9.17) is 0 Å². The monoisotopic (exact) mass is 266 g/mol. The Labute approximate surface area is 76.1 Å². The second-order valence-electron chi connectivity index (χ2n) is 4.09. The maximum atomic E-state index is 2.56. The van der Waals surface area contributed by atoms with Gasteiger partial charge in [-0.05, 0) is 0 Å². The van der Waals surface area contributed by atoms with Gasteiger partial charge in [0.25, 0.3) is 0 Å². The van der Waals surface area contributed by atoms with Gasteiger partial charge in [0.15, 0.2) is 0 Å². The predicted octanol–water partition coefficient (Wildman–Crippen LogP) is 1.59. The van der Waals surface area contributed by atoms with Crippen LogP contribution in [0.1, 0.15) is 13.8 Å². The van der Waals surface area contributed by atoms with Crippen LogP contribution in [-0.4, -0.2) is 52.4 Å². The standard InChI is InChI=1S/C4H10N.C2H6N.2CH3.Sn/c1-4(2)5-3;1-3-2;;;/h4H,1-3H3;1-2H3;2*1H3;/q2*-1;;;+2. The molecule has 0 spiro atoms. The molecule has 2 nitrogen and oxygen atoms in total. The molecule has 0 aliphatic rings. The first-order chi connectivity index (χ1) is 4.80. The van der Waals surface area contributed by atoms with Crippen molar-refractivity contribution in [1.29, 1.82) is 0 Å². The predicted molar refractivity (Wildman–Crippen MR) is 54.1 cm³/mol. The van der Waals surface area contributed by atoms with Crippen LogP contribution in [0.2, 0.25) is 9.88 Å². The molecule has 0 saturated heterocycles. The van der Waals surface area contributed by atoms with Gasteiger partial charge >= 0.3 is 76.1 Å². The van der Waals surface area contributed by atoms with Gasteiger partial charge in [0.1, 0.15) is 0 Å². The summed E-state index contributed by atoms with van der Waals surface area (Å²) in [4.78, 5) is 4.88. The summed E-state index contributed by atoms with van der Waals surface area (Å²) in [5.74, 6) is 0. The average molecular weight is 265 g/mol. The van der Waals surface area contributed by atoms with Crippen LogP contribution in [0.15, 0.2) is 0 Å². The number of hydrogen-bond acceptors (Lipinski definition) is 2. The minimum atomic E-state index is -2.01. The molecule has 0 heterocycles. The summed E-state index contributed by atoms with van der Waals surface area (Å²) in [5.41, 5.74) is 0. The third kappa shape index (κ3) is 2.92. The fraction of sp³-hybridized carbons (Fsp3) is 1.00. The first kappa shape index (κ1) is 11.7. The molecule has 0 N–H and O–H groups in total. The van der Waals surface area contributed by atoms with E-state index < -0.39 is 18.9 Å². The summed E-state index contributed by atoms with van der Waals surface area (Å²) < 4.78 is 5.00. The van der Waals surface area contributed by atoms with Crippen molar-refractivity contribution in [2.75, 3.05) is 21.1 Å². The molecule has 0 aliphatic heterocycles. The van der Waals surface area contributed by atoms with Gasteiger partial charge < -0.3 is 0 Å². The Morgan fingerprint density at radius 2 is 1.36 bits per heavy atom. The summed E-state index contributed by atoms with van der Waals surface area (Å²) in [7, 11) is 6.66. The van der Waals surface area contributed by atoms with Crippen LogP contribution in [0.25, 0.3) is 0 Å². The average Bonchev–Trinajstić information content (AvgIpc) is 1.85. The van der Waals surface area contributed by atoms with Gasteiger partial charge in [-0.25, -0.2) is 0 Å². The summed E-state index contributed by atoms with van der Waals surface area (Å²) in [5, 5.41) is 0. The molecule has 0 saturated carbocycles. The summed E-state index contributed by atoms with van der Waals surface area (Å²) in [6.07, 6.45) is 0. The van der Waals surface area contributed by atoms with Crippen molar-refractivity contribution >= 4 is 18.9 Å². The van der Waals surface area contributed by atoms with E-state index in [0.29, 0.717) is 6.04 Å². The Balaban J connectivity index is 4.29. The van der Waals surface area contributed by atoms with Crippen molar-refractivity contribution in [1.82, 2.24) is 6.24 Å². The van der Waals surface area contributed by atoms with Gasteiger partial charge in [-0.15, -0.1) is 0 Å². The molecule has 0 aromatic rings. The molecule has 0 amide bonds. The van der Waals surface area contributed by atoms with Crippen molar-refractivity contribution < 1.29 is 0 Å². The van der Waals surface area contributed by atoms with E-state index in [2.05, 4.69) is 51.1 Å². The fourth-order valence-electron chi connectivity index (χ4n) is 0.947. The molecule has 0 aromatic carbocycles. The Kier molecular flexibility index (Phi) is 4.37. The third-order valence-corrected chi connectivity index (χ3v) is 15.4. The van der Waals surface area contributed by atoms with E-state index in [0.717, 1.165) is 0 Å². The van der Waals surface area contributed by atoms with Crippen LogP contribution >= 0.6 is 0 Å². The molecule has 0 radical (unpaired) electrons. The summed E-state index contributed by atoms with van der Waals surface area (Å²) in [6.45, 7) is 4.53. The molecular weight excluding hydrogens is 243 g/mol. The second kappa shape index (κ2) is 4.10. The van der Waals surface area contributed by atoms with E-state index in [-0.39, 0.29) is 0 Å². The first-order valence-corrected chi connectivity index (χ1v) is 12.5. The molecule has 0 aromatic heterocycles. The van der Waals surface area contributed by atoms with Gasteiger partial charge in [0.05, 0.1) is 0 Å². The quantitative estimate of drug-likeness (QED) is 0.715. The summed E-state index contributed by atoms with van der Waals surface area (Å²) in [6, 6.07) is 0.684. The van der Waals surface area contributed by atoms with E-state index in [1.54, 1.807) is 0 Å². The SMILES string of the molecule is CC(C)[N](C)[Sn]([CH3])([CH3])[N](C)C. The molecule has 0 unspecified atom stereocenters. The first-order valence-electron chi connectivity index (χ1n) is 4.20. The van der Waals surface area contributed by atoms with E-state index >= 15 is 0 Å². The maximum absolute atomic E-state index is 2.56. The van der Waals surface area contributed by atoms with Gasteiger partial charge in [-0.2, -0.15) is 0 Å². The molecule has 0 fully saturated rings. The molecule has 0 rings (SSSR count). The van der Waals surface area contributed by atoms with Crippen molar-refractivity contribution in [3.63, 3.8) is 0 Å². The van der Waals surface area contributed by atoms with E-state index in [9.17, 15) is 0 Å². The molecule has 11 heavy (non-hydrogen) atoms. The van der Waals surface area contributed by atoms with Crippen LogP contribution in [0.5, 0.6) is 0 Å². The zero-order valence-corrected chi connectivity index (χ0v) is 11.8. The summed E-state index contributed by atoms with van der Waals surface area (Å²) >= 11 is -2.01. The van der Waals surface area contributed by atoms with E-state index in [1.165, 1.54) is 0 Å². The van der Waals surface area contributed by atoms with Crippen LogP contribution in [0, 0.1) is 0 Å². The number of hydrogen-bond donors (Lipinski definition) is 0. The van der Waals surface area contributed by atoms with Crippen molar-refractivity contribution in [3.05, 3.63) is 0 Å². The zero-order chi connectivity index (χ0) is 9.23. The Morgan fingerprint density at radius 3 is 1.45 bits per heavy atom. The molecule has 3 heteroatoms. The van der Waals surface area contributed by atoms with Crippen LogP contribution in [0.4, 0.5) is 0 Å². The third-order valence-electron chi connectivity index (χ3n) is 2.73. The Hall–Kier alpha value is 0.719. The molecule has 68 valence electrons. The van der Waals surface area contributed by atoms with Crippen LogP contribution in [0.3, 0.4) is 0 Å². The van der Waals surface area contributed by atoms with Crippen LogP contribution < -0.4 is 0 Å². The van der Waals surface area contributed by atoms with Crippen LogP contribution in [-0.2, 0) is 0 Å². The van der Waals surface area contributed by atoms with Gasteiger partial charge in [0, 0.05) is 0 Å². The van der Waals surface area contributed by atoms with E-state index in [1.807, 2.05) is 0 Å². The fourth-order valence-corrected chi connectivity index (χ4v) is 6.35. The van der Waals surface area contributed by atoms with Gasteiger partial charge in [0.2, 0.25) is 0 Å². The second-order valence-corrected chi connectivity index (χ2v) is 17.2. The van der Waals surface area contributed by atoms with Gasteiger partial charge in [-0.1, -0.05) is 0 Å². The van der Waals surface area contributed by atoms with Crippen molar-refractivity contribution in [2.24, 2.45) is 0 Å². The zero-order valence-electron chi connectivity index (χ0n) is 8.97. The molecular formula is C8H22N2Sn. The Morgan fingerprint density at radius 1 is 1.00 bits per heavy atom. The van der Waals surface area contributed by atoms with Crippen molar-refractivity contribution in [2.45, 2.75) is 29.8 Å². The Bertz CT molecular complexity index is 121. The normalized spacial score (nSPS) is 13.6. The topological polar surface area (TPSA) is 6.48 Å². The molecule has 0 bridgehead atoms. The number of rotatable bonds is 3. The molecule has 0 atom stereocenters. The van der Waals surface area contributed by atoms with Gasteiger partial charge in [-0.3, -0.25) is 0 Å².